The number of hydrogen-bond acceptors (Lipinski definition) is 4. The zero-order valence-corrected chi connectivity index (χ0v) is 22.1. The van der Waals surface area contributed by atoms with Crippen molar-refractivity contribution in [1.29, 1.82) is 0 Å². The number of aromatic amines is 2. The van der Waals surface area contributed by atoms with Gasteiger partial charge in [-0.2, -0.15) is 0 Å². The van der Waals surface area contributed by atoms with E-state index in [1.807, 2.05) is 109 Å². The molecule has 0 radical (unpaired) electrons. The van der Waals surface area contributed by atoms with E-state index in [1.165, 1.54) is 0 Å². The van der Waals surface area contributed by atoms with E-state index in [0.29, 0.717) is 0 Å². The van der Waals surface area contributed by atoms with E-state index in [2.05, 4.69) is 10.2 Å². The zero-order valence-electron chi connectivity index (χ0n) is 22.1. The van der Waals surface area contributed by atoms with Crippen LogP contribution in [0, 0.1) is 0 Å². The van der Waals surface area contributed by atoms with Crippen LogP contribution in [-0.2, 0) is 0 Å². The Morgan fingerprint density at radius 3 is 1.18 bits per heavy atom. The van der Waals surface area contributed by atoms with Crippen molar-refractivity contribution in [2.75, 3.05) is 14.2 Å². The smallest absolute Gasteiger partial charge is 0.265 e. The molecule has 0 aliphatic rings. The highest BCUT2D eigenvalue weighted by atomic mass is 16.5. The lowest BCUT2D eigenvalue weighted by molar-refractivity contribution is 0.414. The second kappa shape index (κ2) is 11.9. The third-order valence-corrected chi connectivity index (χ3v) is 6.26. The molecule has 0 saturated carbocycles. The normalized spacial score (nSPS) is 10.4. The van der Waals surface area contributed by atoms with Crippen molar-refractivity contribution in [2.45, 2.75) is 0 Å². The van der Waals surface area contributed by atoms with Gasteiger partial charge in [0, 0.05) is 23.3 Å². The maximum absolute atomic E-state index is 11.7. The van der Waals surface area contributed by atoms with E-state index in [1.54, 1.807) is 35.7 Å². The Labute approximate surface area is 230 Å². The van der Waals surface area contributed by atoms with Gasteiger partial charge in [0.15, 0.2) is 0 Å². The summed E-state index contributed by atoms with van der Waals surface area (Å²) in [6, 6.07) is 37.8. The first-order chi connectivity index (χ1) is 19.6. The van der Waals surface area contributed by atoms with E-state index >= 15 is 0 Å². The first kappa shape index (κ1) is 26.1. The van der Waals surface area contributed by atoms with Crippen molar-refractivity contribution in [3.63, 3.8) is 0 Å². The van der Waals surface area contributed by atoms with Gasteiger partial charge in [-0.3, -0.25) is 29.2 Å². The first-order valence-electron chi connectivity index (χ1n) is 12.6. The Kier molecular flexibility index (Phi) is 7.78. The van der Waals surface area contributed by atoms with E-state index in [0.717, 1.165) is 45.4 Å². The number of benzene rings is 4. The Bertz CT molecular complexity index is 1650. The number of rotatable bonds is 6. The molecule has 40 heavy (non-hydrogen) atoms. The Balaban J connectivity index is 0.000000161. The van der Waals surface area contributed by atoms with Gasteiger partial charge in [-0.25, -0.2) is 0 Å². The lowest BCUT2D eigenvalue weighted by atomic mass is 10.1. The topological polar surface area (TPSA) is 94.0 Å². The van der Waals surface area contributed by atoms with Crippen molar-refractivity contribution in [1.82, 2.24) is 19.6 Å². The van der Waals surface area contributed by atoms with Crippen LogP contribution in [0.25, 0.3) is 33.9 Å². The maximum atomic E-state index is 11.7. The van der Waals surface area contributed by atoms with E-state index < -0.39 is 0 Å². The molecule has 0 spiro atoms. The predicted molar refractivity (Wildman–Crippen MR) is 157 cm³/mol. The number of methoxy groups -OCH3 is 2. The predicted octanol–water partition coefficient (Wildman–Crippen LogP) is 5.68. The Morgan fingerprint density at radius 2 is 0.850 bits per heavy atom. The fraction of sp³-hybridized carbons (Fsp3) is 0.0625. The number of H-pyrrole nitrogens is 2. The molecule has 2 heterocycles. The number of para-hydroxylation sites is 2. The van der Waals surface area contributed by atoms with Gasteiger partial charge < -0.3 is 9.47 Å². The SMILES string of the molecule is COc1ccc(-c2cc(=O)[nH]n2-c2ccccc2)cc1.COc1ccc(-c2cc(=O)[nH]n2-c2ccccc2)cc1. The van der Waals surface area contributed by atoms with E-state index in [9.17, 15) is 9.59 Å². The summed E-state index contributed by atoms with van der Waals surface area (Å²) in [5.74, 6) is 1.58. The number of nitrogens with one attached hydrogen (secondary N) is 2. The molecule has 2 aromatic heterocycles. The summed E-state index contributed by atoms with van der Waals surface area (Å²) < 4.78 is 13.9. The molecule has 0 atom stereocenters. The molecule has 0 fully saturated rings. The summed E-state index contributed by atoms with van der Waals surface area (Å²) in [5, 5.41) is 5.64. The second-order valence-electron chi connectivity index (χ2n) is 8.81. The molecule has 4 aromatic carbocycles. The third kappa shape index (κ3) is 5.81. The molecule has 6 rings (SSSR count). The summed E-state index contributed by atoms with van der Waals surface area (Å²) in [6.45, 7) is 0. The molecule has 8 heteroatoms. The highest BCUT2D eigenvalue weighted by Gasteiger charge is 2.10. The van der Waals surface area contributed by atoms with Crippen molar-refractivity contribution >= 4 is 0 Å². The van der Waals surface area contributed by atoms with Crippen LogP contribution in [0.3, 0.4) is 0 Å². The van der Waals surface area contributed by atoms with Gasteiger partial charge in [-0.05, 0) is 72.8 Å². The number of nitrogens with zero attached hydrogens (tertiary/aromatic N) is 2. The van der Waals surface area contributed by atoms with Gasteiger partial charge in [0.05, 0.1) is 37.0 Å². The Morgan fingerprint density at radius 1 is 0.500 bits per heavy atom. The lowest BCUT2D eigenvalue weighted by Crippen LogP contribution is -2.03. The second-order valence-corrected chi connectivity index (χ2v) is 8.81. The van der Waals surface area contributed by atoms with Crippen molar-refractivity contribution in [3.05, 3.63) is 142 Å². The van der Waals surface area contributed by atoms with Crippen molar-refractivity contribution < 1.29 is 9.47 Å². The van der Waals surface area contributed by atoms with Crippen LogP contribution in [0.1, 0.15) is 0 Å². The first-order valence-corrected chi connectivity index (χ1v) is 12.6. The van der Waals surface area contributed by atoms with Crippen LogP contribution in [0.4, 0.5) is 0 Å². The number of hydrogen-bond donors (Lipinski definition) is 2. The molecule has 2 N–H and O–H groups in total. The molecule has 0 aliphatic carbocycles. The van der Waals surface area contributed by atoms with Crippen LogP contribution >= 0.6 is 0 Å². The molecule has 0 bridgehead atoms. The minimum atomic E-state index is -0.125. The van der Waals surface area contributed by atoms with Gasteiger partial charge in [-0.15, -0.1) is 0 Å². The van der Waals surface area contributed by atoms with Crippen LogP contribution < -0.4 is 20.6 Å². The van der Waals surface area contributed by atoms with E-state index in [-0.39, 0.29) is 11.1 Å². The lowest BCUT2D eigenvalue weighted by Gasteiger charge is -2.08. The summed E-state index contributed by atoms with van der Waals surface area (Å²) in [7, 11) is 3.26. The molecule has 8 nitrogen and oxygen atoms in total. The monoisotopic (exact) mass is 532 g/mol. The average molecular weight is 533 g/mol. The molecular formula is C32H28N4O4. The van der Waals surface area contributed by atoms with E-state index in [4.69, 9.17) is 9.47 Å². The molecule has 0 unspecified atom stereocenters. The fourth-order valence-corrected chi connectivity index (χ4v) is 4.29. The summed E-state index contributed by atoms with van der Waals surface area (Å²) in [5.41, 5.74) is 5.13. The molecule has 0 saturated heterocycles. The number of ether oxygens (including phenoxy) is 2. The maximum Gasteiger partial charge on any atom is 0.265 e. The molecule has 0 aliphatic heterocycles. The third-order valence-electron chi connectivity index (χ3n) is 6.26. The quantitative estimate of drug-likeness (QED) is 0.289. The molecule has 6 aromatic rings. The minimum Gasteiger partial charge on any atom is -0.497 e. The van der Waals surface area contributed by atoms with Crippen LogP contribution in [0.2, 0.25) is 0 Å². The van der Waals surface area contributed by atoms with Crippen molar-refractivity contribution in [2.24, 2.45) is 0 Å². The summed E-state index contributed by atoms with van der Waals surface area (Å²) in [6.07, 6.45) is 0. The average Bonchev–Trinajstić information content (AvgIpc) is 3.61. The molecule has 0 amide bonds. The zero-order chi connectivity index (χ0) is 27.9. The van der Waals surface area contributed by atoms with Crippen LogP contribution in [0.5, 0.6) is 11.5 Å². The van der Waals surface area contributed by atoms with Crippen LogP contribution in [0.15, 0.2) is 131 Å². The van der Waals surface area contributed by atoms with Gasteiger partial charge in [0.1, 0.15) is 11.5 Å². The standard InChI is InChI=1S/2C16H14N2O2/c2*1-20-14-9-7-12(8-10-14)15-11-16(19)17-18(15)13-5-3-2-4-6-13/h2*2-11H,1H3,(H,17,19). The number of aromatic nitrogens is 4. The van der Waals surface area contributed by atoms with Gasteiger partial charge in [-0.1, -0.05) is 36.4 Å². The van der Waals surface area contributed by atoms with Gasteiger partial charge in [0.2, 0.25) is 0 Å². The van der Waals surface area contributed by atoms with Crippen molar-refractivity contribution in [3.8, 4) is 45.4 Å². The van der Waals surface area contributed by atoms with Crippen LogP contribution in [-0.4, -0.2) is 33.8 Å². The molecular weight excluding hydrogens is 504 g/mol. The fourth-order valence-electron chi connectivity index (χ4n) is 4.29. The summed E-state index contributed by atoms with van der Waals surface area (Å²) in [4.78, 5) is 23.4. The van der Waals surface area contributed by atoms with Gasteiger partial charge >= 0.3 is 0 Å². The molecule has 200 valence electrons. The highest BCUT2D eigenvalue weighted by molar-refractivity contribution is 5.63. The minimum absolute atomic E-state index is 0.125. The van der Waals surface area contributed by atoms with Gasteiger partial charge in [0.25, 0.3) is 11.1 Å². The highest BCUT2D eigenvalue weighted by Crippen LogP contribution is 2.24. The summed E-state index contributed by atoms with van der Waals surface area (Å²) >= 11 is 0. The largest absolute Gasteiger partial charge is 0.497 e. The Hall–Kier alpha value is -5.50.